The van der Waals surface area contributed by atoms with E-state index in [0.29, 0.717) is 30.7 Å². The van der Waals surface area contributed by atoms with Gasteiger partial charge in [-0.1, -0.05) is 0 Å². The molecule has 4 aliphatic rings. The molecule has 3 atom stereocenters. The molecule has 0 aliphatic heterocycles. The molecule has 8 heteroatoms. The Morgan fingerprint density at radius 2 is 1.87 bits per heavy atom. The normalized spacial score (nSPS) is 40.3. The molecule has 23 heavy (non-hydrogen) atoms. The molecule has 4 fully saturated rings. The fraction of sp³-hybridized carbons (Fsp3) is 0.933. The van der Waals surface area contributed by atoms with Crippen LogP contribution in [0.5, 0.6) is 0 Å². The molecule has 0 radical (unpaired) electrons. The Kier molecular flexibility index (Phi) is 4.46. The topological polar surface area (TPSA) is 130 Å². The van der Waals surface area contributed by atoms with Gasteiger partial charge in [0.2, 0.25) is 0 Å². The van der Waals surface area contributed by atoms with Crippen molar-refractivity contribution in [3.05, 3.63) is 0 Å². The molecule has 132 valence electrons. The van der Waals surface area contributed by atoms with Crippen molar-refractivity contribution in [1.29, 1.82) is 0 Å². The highest BCUT2D eigenvalue weighted by Gasteiger charge is 2.57. The number of aliphatic carboxylic acids is 1. The van der Waals surface area contributed by atoms with Gasteiger partial charge in [0, 0.05) is 5.54 Å². The highest BCUT2D eigenvalue weighted by Crippen LogP contribution is 2.58. The number of rotatable bonds is 7. The second-order valence-electron chi connectivity index (χ2n) is 7.76. The zero-order valence-corrected chi connectivity index (χ0v) is 14.0. The van der Waals surface area contributed by atoms with Crippen LogP contribution >= 0.6 is 0 Å². The van der Waals surface area contributed by atoms with E-state index in [4.69, 9.17) is 10.3 Å². The van der Waals surface area contributed by atoms with Gasteiger partial charge in [0.25, 0.3) is 10.1 Å². The van der Waals surface area contributed by atoms with Crippen LogP contribution in [0.25, 0.3) is 0 Å². The summed E-state index contributed by atoms with van der Waals surface area (Å²) in [4.78, 5) is 11.3. The predicted octanol–water partition coefficient (Wildman–Crippen LogP) is 0.461. The lowest BCUT2D eigenvalue weighted by Gasteiger charge is -2.61. The molecule has 0 saturated heterocycles. The number of hydrogen-bond acceptors (Lipinski definition) is 5. The van der Waals surface area contributed by atoms with Gasteiger partial charge in [-0.15, -0.1) is 0 Å². The fourth-order valence-corrected chi connectivity index (χ4v) is 6.15. The van der Waals surface area contributed by atoms with Crippen LogP contribution < -0.4 is 11.1 Å². The van der Waals surface area contributed by atoms with E-state index in [1.165, 1.54) is 0 Å². The smallest absolute Gasteiger partial charge is 0.320 e. The molecule has 0 heterocycles. The number of carbonyl (C=O) groups is 1. The largest absolute Gasteiger partial charge is 0.480 e. The van der Waals surface area contributed by atoms with Crippen molar-refractivity contribution in [2.45, 2.75) is 50.1 Å². The van der Waals surface area contributed by atoms with Crippen LogP contribution in [0, 0.1) is 23.7 Å². The van der Waals surface area contributed by atoms with Crippen molar-refractivity contribution >= 4 is 16.1 Å². The third-order valence-corrected chi connectivity index (χ3v) is 6.93. The highest BCUT2D eigenvalue weighted by atomic mass is 32.2. The van der Waals surface area contributed by atoms with Gasteiger partial charge in [-0.2, -0.15) is 8.42 Å². The van der Waals surface area contributed by atoms with Gasteiger partial charge in [-0.3, -0.25) is 9.35 Å². The molecular weight excluding hydrogens is 320 g/mol. The highest BCUT2D eigenvalue weighted by molar-refractivity contribution is 7.85. The number of carboxylic acid groups (broad SMARTS) is 1. The van der Waals surface area contributed by atoms with E-state index >= 15 is 0 Å². The summed E-state index contributed by atoms with van der Waals surface area (Å²) in [5.41, 5.74) is 5.94. The van der Waals surface area contributed by atoms with Crippen molar-refractivity contribution < 1.29 is 22.9 Å². The lowest BCUT2D eigenvalue weighted by Crippen LogP contribution is -2.64. The van der Waals surface area contributed by atoms with E-state index in [0.717, 1.165) is 32.1 Å². The van der Waals surface area contributed by atoms with Crippen LogP contribution in [-0.2, 0) is 14.9 Å². The zero-order chi connectivity index (χ0) is 16.8. The molecule has 4 rings (SSSR count). The van der Waals surface area contributed by atoms with Crippen LogP contribution in [0.4, 0.5) is 0 Å². The Balaban J connectivity index is 1.63. The van der Waals surface area contributed by atoms with Crippen LogP contribution in [-0.4, -0.2) is 47.9 Å². The van der Waals surface area contributed by atoms with Crippen molar-refractivity contribution in [2.75, 3.05) is 12.3 Å². The molecule has 0 aromatic rings. The first-order valence-electron chi connectivity index (χ1n) is 8.38. The van der Waals surface area contributed by atoms with E-state index in [-0.39, 0.29) is 17.2 Å². The molecule has 0 aromatic heterocycles. The number of nitrogens with one attached hydrogen (secondary N) is 1. The lowest BCUT2D eigenvalue weighted by molar-refractivity contribution is -0.146. The minimum absolute atomic E-state index is 0.00441. The van der Waals surface area contributed by atoms with Crippen molar-refractivity contribution in [1.82, 2.24) is 5.32 Å². The lowest BCUT2D eigenvalue weighted by atomic mass is 9.48. The monoisotopic (exact) mass is 346 g/mol. The first-order valence-corrected chi connectivity index (χ1v) is 9.99. The third-order valence-electron chi connectivity index (χ3n) is 6.12. The zero-order valence-electron chi connectivity index (χ0n) is 13.1. The maximum Gasteiger partial charge on any atom is 0.320 e. The summed E-state index contributed by atoms with van der Waals surface area (Å²) in [7, 11) is -3.90. The van der Waals surface area contributed by atoms with Crippen LogP contribution in [0.15, 0.2) is 0 Å². The Bertz CT molecular complexity index is 562. The van der Waals surface area contributed by atoms with Gasteiger partial charge < -0.3 is 16.2 Å². The Labute approximate surface area is 136 Å². The maximum absolute atomic E-state index is 11.3. The number of carboxylic acids is 1. The SMILES string of the molecule is N[C@H](C(=O)O)C1C2CC3CC1CC(NCCCS(=O)(=O)O)(C3)C2. The van der Waals surface area contributed by atoms with Gasteiger partial charge in [0.15, 0.2) is 0 Å². The fourth-order valence-electron chi connectivity index (χ4n) is 5.64. The van der Waals surface area contributed by atoms with Gasteiger partial charge >= 0.3 is 5.97 Å². The summed E-state index contributed by atoms with van der Waals surface area (Å²) < 4.78 is 30.4. The van der Waals surface area contributed by atoms with Crippen molar-refractivity contribution in [3.8, 4) is 0 Å². The molecule has 4 bridgehead atoms. The van der Waals surface area contributed by atoms with Gasteiger partial charge in [-0.25, -0.2) is 0 Å². The Morgan fingerprint density at radius 3 is 2.39 bits per heavy atom. The first kappa shape index (κ1) is 17.1. The summed E-state index contributed by atoms with van der Waals surface area (Å²) in [6.07, 6.45) is 5.46. The molecule has 4 aliphatic carbocycles. The summed E-state index contributed by atoms with van der Waals surface area (Å²) in [6, 6.07) is -0.776. The second kappa shape index (κ2) is 5.98. The summed E-state index contributed by atoms with van der Waals surface area (Å²) in [5, 5.41) is 12.8. The predicted molar refractivity (Wildman–Crippen MR) is 84.4 cm³/mol. The summed E-state index contributed by atoms with van der Waals surface area (Å²) in [6.45, 7) is 0.557. The minimum atomic E-state index is -3.90. The number of hydrogen-bond donors (Lipinski definition) is 4. The Hall–Kier alpha value is -0.700. The molecule has 5 N–H and O–H groups in total. The van der Waals surface area contributed by atoms with E-state index in [2.05, 4.69) is 5.32 Å². The minimum Gasteiger partial charge on any atom is -0.480 e. The van der Waals surface area contributed by atoms with Crippen molar-refractivity contribution in [2.24, 2.45) is 29.4 Å². The average Bonchev–Trinajstić information content (AvgIpc) is 2.41. The Morgan fingerprint density at radius 1 is 1.26 bits per heavy atom. The van der Waals surface area contributed by atoms with Crippen LogP contribution in [0.3, 0.4) is 0 Å². The second-order valence-corrected chi connectivity index (χ2v) is 9.33. The average molecular weight is 346 g/mol. The molecule has 7 nitrogen and oxygen atoms in total. The standard InChI is InChI=1S/C15H26N2O5S/c16-13(14(18)19)12-10-4-9-5-11(12)8-15(6-9,7-10)17-2-1-3-23(20,21)22/h9-13,17H,1-8,16H2,(H,18,19)(H,20,21,22)/t9?,10?,11?,12?,13-,15?/m0/s1. The molecule has 0 aromatic carbocycles. The van der Waals surface area contributed by atoms with E-state index < -0.39 is 22.1 Å². The van der Waals surface area contributed by atoms with E-state index in [1.807, 2.05) is 0 Å². The van der Waals surface area contributed by atoms with Crippen molar-refractivity contribution in [3.63, 3.8) is 0 Å². The van der Waals surface area contributed by atoms with Gasteiger partial charge in [0.1, 0.15) is 6.04 Å². The molecule has 0 amide bonds. The number of nitrogens with two attached hydrogens (primary N) is 1. The van der Waals surface area contributed by atoms with Crippen LogP contribution in [0.2, 0.25) is 0 Å². The molecule has 0 spiro atoms. The van der Waals surface area contributed by atoms with Crippen LogP contribution in [0.1, 0.15) is 38.5 Å². The van der Waals surface area contributed by atoms with Gasteiger partial charge in [0.05, 0.1) is 5.75 Å². The van der Waals surface area contributed by atoms with E-state index in [9.17, 15) is 18.3 Å². The first-order chi connectivity index (χ1) is 10.7. The summed E-state index contributed by atoms with van der Waals surface area (Å²) >= 11 is 0. The van der Waals surface area contributed by atoms with E-state index in [1.54, 1.807) is 0 Å². The molecular formula is C15H26N2O5S. The molecule has 2 unspecified atom stereocenters. The maximum atomic E-state index is 11.3. The summed E-state index contributed by atoms with van der Waals surface area (Å²) in [5.74, 6) is 0.259. The third kappa shape index (κ3) is 3.55. The van der Waals surface area contributed by atoms with Gasteiger partial charge in [-0.05, 0) is 68.7 Å². The molecule has 4 saturated carbocycles. The quantitative estimate of drug-likeness (QED) is 0.389.